The molecule has 0 radical (unpaired) electrons. The number of methoxy groups -OCH3 is 1. The standard InChI is InChI=1S/C31H31N3O4S/c1-3-38-30(35)21-8-6-9-22(18-21)32-31(36)34-19-25-24-10-4-5-12-27(24)39-29(25)33-17-7-11-26(33)28(34)20-13-15-23(37-2)16-14-20/h6-9,11,13-18,28H,3-5,10,12,19H2,1-2H3,(H,32,36). The molecule has 2 amide bonds. The third-order valence-electron chi connectivity index (χ3n) is 7.50. The van der Waals surface area contributed by atoms with Crippen molar-refractivity contribution in [1.29, 1.82) is 0 Å². The lowest BCUT2D eigenvalue weighted by atomic mass is 9.95. The second-order valence-corrected chi connectivity index (χ2v) is 10.9. The molecule has 0 bridgehead atoms. The van der Waals surface area contributed by atoms with Gasteiger partial charge in [0.05, 0.1) is 37.6 Å². The fraction of sp³-hybridized carbons (Fsp3) is 0.290. The van der Waals surface area contributed by atoms with Gasteiger partial charge < -0.3 is 24.3 Å². The monoisotopic (exact) mass is 541 g/mol. The number of nitrogens with one attached hydrogen (secondary N) is 1. The minimum absolute atomic E-state index is 0.229. The highest BCUT2D eigenvalue weighted by Crippen LogP contribution is 2.44. The highest BCUT2D eigenvalue weighted by Gasteiger charge is 2.36. The first-order chi connectivity index (χ1) is 19.1. The van der Waals surface area contributed by atoms with Crippen LogP contribution in [0.15, 0.2) is 66.9 Å². The molecule has 6 rings (SSSR count). The van der Waals surface area contributed by atoms with Gasteiger partial charge in [0.1, 0.15) is 10.8 Å². The largest absolute Gasteiger partial charge is 0.497 e. The molecule has 0 saturated carbocycles. The van der Waals surface area contributed by atoms with Gasteiger partial charge in [0.15, 0.2) is 0 Å². The average molecular weight is 542 g/mol. The molecule has 2 aromatic carbocycles. The number of aryl methyl sites for hydroxylation is 1. The summed E-state index contributed by atoms with van der Waals surface area (Å²) < 4.78 is 12.8. The fourth-order valence-corrected chi connectivity index (χ4v) is 7.06. The number of aromatic nitrogens is 1. The molecule has 3 heterocycles. The van der Waals surface area contributed by atoms with Crippen LogP contribution in [0.1, 0.15) is 63.4 Å². The maximum absolute atomic E-state index is 14.1. The molecule has 1 N–H and O–H groups in total. The smallest absolute Gasteiger partial charge is 0.338 e. The van der Waals surface area contributed by atoms with Crippen LogP contribution < -0.4 is 10.1 Å². The SMILES string of the molecule is CCOC(=O)c1cccc(NC(=O)N2Cc3c(sc4c3CCCC4)-n3cccc3C2c2ccc(OC)cc2)c1. The lowest BCUT2D eigenvalue weighted by Gasteiger charge is -2.31. The van der Waals surface area contributed by atoms with Gasteiger partial charge >= 0.3 is 12.0 Å². The van der Waals surface area contributed by atoms with E-state index in [1.165, 1.54) is 33.8 Å². The molecule has 1 unspecified atom stereocenters. The number of carbonyl (C=O) groups excluding carboxylic acids is 2. The topological polar surface area (TPSA) is 72.8 Å². The zero-order valence-electron chi connectivity index (χ0n) is 22.1. The molecule has 2 aliphatic rings. The molecule has 1 atom stereocenters. The van der Waals surface area contributed by atoms with Crippen LogP contribution in [-0.2, 0) is 24.1 Å². The van der Waals surface area contributed by atoms with Crippen LogP contribution in [0.5, 0.6) is 5.75 Å². The Balaban J connectivity index is 1.43. The molecule has 0 fully saturated rings. The van der Waals surface area contributed by atoms with Crippen molar-refractivity contribution < 1.29 is 19.1 Å². The van der Waals surface area contributed by atoms with Gasteiger partial charge in [-0.3, -0.25) is 0 Å². The van der Waals surface area contributed by atoms with Crippen LogP contribution in [0.4, 0.5) is 10.5 Å². The van der Waals surface area contributed by atoms with E-state index in [4.69, 9.17) is 9.47 Å². The first-order valence-corrected chi connectivity index (χ1v) is 14.2. The number of benzene rings is 2. The summed E-state index contributed by atoms with van der Waals surface area (Å²) in [5.74, 6) is 0.356. The third-order valence-corrected chi connectivity index (χ3v) is 8.83. The lowest BCUT2D eigenvalue weighted by molar-refractivity contribution is 0.0526. The van der Waals surface area contributed by atoms with Crippen molar-refractivity contribution in [3.63, 3.8) is 0 Å². The van der Waals surface area contributed by atoms with Crippen molar-refractivity contribution in [3.05, 3.63) is 99.7 Å². The van der Waals surface area contributed by atoms with Crippen LogP contribution >= 0.6 is 11.3 Å². The number of urea groups is 1. The number of hydrogen-bond acceptors (Lipinski definition) is 5. The van der Waals surface area contributed by atoms with Gasteiger partial charge in [-0.05, 0) is 86.2 Å². The van der Waals surface area contributed by atoms with Gasteiger partial charge in [0.25, 0.3) is 0 Å². The number of amides is 2. The molecule has 1 aliphatic heterocycles. The molecule has 200 valence electrons. The molecule has 1 aliphatic carbocycles. The molecule has 0 spiro atoms. The first-order valence-electron chi connectivity index (χ1n) is 13.4. The Morgan fingerprint density at radius 2 is 1.85 bits per heavy atom. The van der Waals surface area contributed by atoms with Crippen molar-refractivity contribution in [2.45, 2.75) is 45.2 Å². The van der Waals surface area contributed by atoms with Crippen molar-refractivity contribution in [1.82, 2.24) is 9.47 Å². The van der Waals surface area contributed by atoms with Crippen LogP contribution in [0.25, 0.3) is 5.00 Å². The molecule has 0 saturated heterocycles. The number of anilines is 1. The second-order valence-electron chi connectivity index (χ2n) is 9.83. The Morgan fingerprint density at radius 1 is 1.03 bits per heavy atom. The average Bonchev–Trinajstić information content (AvgIpc) is 3.55. The van der Waals surface area contributed by atoms with E-state index in [-0.39, 0.29) is 12.1 Å². The lowest BCUT2D eigenvalue weighted by Crippen LogP contribution is -2.38. The molecule has 8 heteroatoms. The van der Waals surface area contributed by atoms with Crippen LogP contribution in [0.2, 0.25) is 0 Å². The van der Waals surface area contributed by atoms with Gasteiger partial charge in [0.2, 0.25) is 0 Å². The first kappa shape index (κ1) is 25.2. The minimum atomic E-state index is -0.410. The van der Waals surface area contributed by atoms with Gasteiger partial charge in [0, 0.05) is 22.3 Å². The van der Waals surface area contributed by atoms with Crippen LogP contribution in [0.3, 0.4) is 0 Å². The predicted molar refractivity (Wildman–Crippen MR) is 152 cm³/mol. The van der Waals surface area contributed by atoms with Gasteiger partial charge in [-0.25, -0.2) is 9.59 Å². The summed E-state index contributed by atoms with van der Waals surface area (Å²) in [7, 11) is 1.65. The maximum Gasteiger partial charge on any atom is 0.338 e. The minimum Gasteiger partial charge on any atom is -0.497 e. The summed E-state index contributed by atoms with van der Waals surface area (Å²) in [6, 6.07) is 18.4. The van der Waals surface area contributed by atoms with E-state index in [2.05, 4.69) is 28.2 Å². The highest BCUT2D eigenvalue weighted by molar-refractivity contribution is 7.15. The van der Waals surface area contributed by atoms with Crippen molar-refractivity contribution in [3.8, 4) is 10.8 Å². The molecular formula is C31H31N3O4S. The number of nitrogens with zero attached hydrogens (tertiary/aromatic N) is 2. The van der Waals surface area contributed by atoms with Crippen molar-refractivity contribution in [2.24, 2.45) is 0 Å². The number of fused-ring (bicyclic) bond motifs is 5. The molecule has 4 aromatic rings. The van der Waals surface area contributed by atoms with E-state index < -0.39 is 5.97 Å². The van der Waals surface area contributed by atoms with E-state index in [1.807, 2.05) is 40.5 Å². The Morgan fingerprint density at radius 3 is 2.64 bits per heavy atom. The summed E-state index contributed by atoms with van der Waals surface area (Å²) >= 11 is 1.86. The third kappa shape index (κ3) is 4.69. The summed E-state index contributed by atoms with van der Waals surface area (Å²) in [5.41, 5.74) is 5.62. The van der Waals surface area contributed by atoms with E-state index >= 15 is 0 Å². The maximum atomic E-state index is 14.1. The Bertz CT molecular complexity index is 1520. The summed E-state index contributed by atoms with van der Waals surface area (Å²) in [5, 5.41) is 4.28. The predicted octanol–water partition coefficient (Wildman–Crippen LogP) is 6.74. The number of carbonyl (C=O) groups is 2. The zero-order chi connectivity index (χ0) is 26.9. The van der Waals surface area contributed by atoms with Gasteiger partial charge in [-0.1, -0.05) is 18.2 Å². The number of thiophene rings is 1. The van der Waals surface area contributed by atoms with E-state index in [1.54, 1.807) is 38.3 Å². The van der Waals surface area contributed by atoms with Crippen LogP contribution in [0, 0.1) is 0 Å². The molecule has 7 nitrogen and oxygen atoms in total. The second kappa shape index (κ2) is 10.6. The normalized spacial score (nSPS) is 15.9. The van der Waals surface area contributed by atoms with Crippen molar-refractivity contribution >= 4 is 29.0 Å². The van der Waals surface area contributed by atoms with Crippen molar-refractivity contribution in [2.75, 3.05) is 19.0 Å². The Hall–Kier alpha value is -4.04. The Kier molecular flexibility index (Phi) is 6.87. The summed E-state index contributed by atoms with van der Waals surface area (Å²) in [6.07, 6.45) is 6.63. The van der Waals surface area contributed by atoms with Gasteiger partial charge in [-0.2, -0.15) is 0 Å². The zero-order valence-corrected chi connectivity index (χ0v) is 22.9. The molecule has 39 heavy (non-hydrogen) atoms. The number of esters is 1. The van der Waals surface area contributed by atoms with Crippen LogP contribution in [-0.4, -0.2) is 35.2 Å². The quantitative estimate of drug-likeness (QED) is 0.284. The molecule has 2 aromatic heterocycles. The number of rotatable bonds is 5. The van der Waals surface area contributed by atoms with E-state index in [0.29, 0.717) is 24.4 Å². The summed E-state index contributed by atoms with van der Waals surface area (Å²) in [6.45, 7) is 2.55. The van der Waals surface area contributed by atoms with E-state index in [0.717, 1.165) is 29.8 Å². The number of ether oxygens (including phenoxy) is 2. The Labute approximate surface area is 232 Å². The highest BCUT2D eigenvalue weighted by atomic mass is 32.1. The van der Waals surface area contributed by atoms with E-state index in [9.17, 15) is 9.59 Å². The molecular weight excluding hydrogens is 510 g/mol. The van der Waals surface area contributed by atoms with Gasteiger partial charge in [-0.15, -0.1) is 11.3 Å². The summed E-state index contributed by atoms with van der Waals surface area (Å²) in [4.78, 5) is 29.8. The number of hydrogen-bond donors (Lipinski definition) is 1. The fourth-order valence-electron chi connectivity index (χ4n) is 5.66.